The Labute approximate surface area is 213 Å². The summed E-state index contributed by atoms with van der Waals surface area (Å²) in [5.41, 5.74) is 0. The van der Waals surface area contributed by atoms with Gasteiger partial charge in [-0.2, -0.15) is 0 Å². The Kier molecular flexibility index (Phi) is 30.5. The van der Waals surface area contributed by atoms with Gasteiger partial charge in [-0.05, 0) is 44.9 Å². The summed E-state index contributed by atoms with van der Waals surface area (Å²) in [6.07, 6.45) is 39.1. The van der Waals surface area contributed by atoms with Gasteiger partial charge in [0.05, 0.1) is 24.6 Å². The van der Waals surface area contributed by atoms with Crippen LogP contribution in [-0.4, -0.2) is 24.6 Å². The Morgan fingerprint density at radius 3 is 0.781 bits per heavy atom. The van der Waals surface area contributed by atoms with E-state index < -0.39 is 7.26 Å². The minimum atomic E-state index is -0.683. The molecule has 0 saturated carbocycles. The van der Waals surface area contributed by atoms with Crippen molar-refractivity contribution < 1.29 is 12.4 Å². The molecule has 196 valence electrons. The molecule has 0 aromatic heterocycles. The second kappa shape index (κ2) is 28.0. The molecule has 0 aliphatic heterocycles. The standard InChI is InChI=1S/C30H64P.ClH/c1-5-9-13-16-17-18-19-20-21-22-26-30-31(27-23-12-8-4,28-24-14-10-6-2)29-25-15-11-7-3;/h5-30H2,1-4H3;1H/q+1;/p-1. The predicted octanol–water partition coefficient (Wildman–Crippen LogP) is 8.67. The molecular weight excluding hydrogens is 427 g/mol. The van der Waals surface area contributed by atoms with Crippen LogP contribution in [0.15, 0.2) is 0 Å². The smallest absolute Gasteiger partial charge is 0.0594 e. The van der Waals surface area contributed by atoms with Crippen LogP contribution < -0.4 is 12.4 Å². The zero-order valence-electron chi connectivity index (χ0n) is 23.2. The molecule has 0 unspecified atom stereocenters. The minimum Gasteiger partial charge on any atom is -1.00 e. The number of hydrogen-bond donors (Lipinski definition) is 0. The lowest BCUT2D eigenvalue weighted by Gasteiger charge is -2.28. The monoisotopic (exact) mass is 490 g/mol. The third-order valence-corrected chi connectivity index (χ3v) is 12.5. The molecule has 0 radical (unpaired) electrons. The van der Waals surface area contributed by atoms with Gasteiger partial charge >= 0.3 is 0 Å². The van der Waals surface area contributed by atoms with Crippen molar-refractivity contribution in [3.05, 3.63) is 0 Å². The Balaban J connectivity index is 0. The van der Waals surface area contributed by atoms with E-state index in [0.29, 0.717) is 0 Å². The summed E-state index contributed by atoms with van der Waals surface area (Å²) in [5.74, 6) is 0. The Morgan fingerprint density at radius 1 is 0.281 bits per heavy atom. The van der Waals surface area contributed by atoms with Gasteiger partial charge < -0.3 is 12.4 Å². The number of rotatable bonds is 26. The normalized spacial score (nSPS) is 11.6. The molecular formula is C30H64ClP. The van der Waals surface area contributed by atoms with Crippen LogP contribution in [0.25, 0.3) is 0 Å². The SMILES string of the molecule is CCCCCCCCCCCCC[P+](CCCCC)(CCCCCC)CCCCCC.[Cl-]. The average Bonchev–Trinajstić information content (AvgIpc) is 2.78. The topological polar surface area (TPSA) is 0 Å². The summed E-state index contributed by atoms with van der Waals surface area (Å²) in [6, 6.07) is 0. The third-order valence-electron chi connectivity index (χ3n) is 7.44. The first-order chi connectivity index (χ1) is 15.2. The molecule has 0 amide bonds. The lowest BCUT2D eigenvalue weighted by molar-refractivity contribution is -0.00000711. The van der Waals surface area contributed by atoms with E-state index >= 15 is 0 Å². The van der Waals surface area contributed by atoms with Gasteiger partial charge in [-0.3, -0.25) is 0 Å². The van der Waals surface area contributed by atoms with E-state index in [-0.39, 0.29) is 12.4 Å². The van der Waals surface area contributed by atoms with Crippen molar-refractivity contribution in [2.75, 3.05) is 24.6 Å². The van der Waals surface area contributed by atoms with E-state index in [0.717, 1.165) is 0 Å². The highest BCUT2D eigenvalue weighted by Crippen LogP contribution is 2.61. The van der Waals surface area contributed by atoms with Gasteiger partial charge in [0.15, 0.2) is 0 Å². The molecule has 32 heavy (non-hydrogen) atoms. The van der Waals surface area contributed by atoms with Gasteiger partial charge in [0, 0.05) is 7.26 Å². The maximum absolute atomic E-state index is 2.38. The summed E-state index contributed by atoms with van der Waals surface area (Å²) in [5, 5.41) is 0. The molecule has 0 nitrogen and oxygen atoms in total. The van der Waals surface area contributed by atoms with Crippen LogP contribution in [0.3, 0.4) is 0 Å². The fraction of sp³-hybridized carbons (Fsp3) is 1.00. The second-order valence-electron chi connectivity index (χ2n) is 10.6. The van der Waals surface area contributed by atoms with Gasteiger partial charge in [0.2, 0.25) is 0 Å². The van der Waals surface area contributed by atoms with Gasteiger partial charge in [0.1, 0.15) is 0 Å². The Bertz CT molecular complexity index is 319. The largest absolute Gasteiger partial charge is 1.00 e. The molecule has 2 heteroatoms. The van der Waals surface area contributed by atoms with Crippen molar-refractivity contribution in [2.45, 2.75) is 169 Å². The molecule has 0 spiro atoms. The maximum Gasteiger partial charge on any atom is 0.0594 e. The first-order valence-electron chi connectivity index (χ1n) is 15.1. The fourth-order valence-electron chi connectivity index (χ4n) is 5.23. The molecule has 0 atom stereocenters. The van der Waals surface area contributed by atoms with E-state index in [2.05, 4.69) is 27.7 Å². The molecule has 0 saturated heterocycles. The van der Waals surface area contributed by atoms with Gasteiger partial charge in [-0.1, -0.05) is 124 Å². The highest BCUT2D eigenvalue weighted by atomic mass is 35.5. The Hall–Kier alpha value is 0.720. The zero-order chi connectivity index (χ0) is 22.9. The van der Waals surface area contributed by atoms with Crippen LogP contribution in [0.4, 0.5) is 0 Å². The van der Waals surface area contributed by atoms with Gasteiger partial charge in [-0.15, -0.1) is 0 Å². The summed E-state index contributed by atoms with van der Waals surface area (Å²) >= 11 is 0. The molecule has 0 N–H and O–H groups in total. The summed E-state index contributed by atoms with van der Waals surface area (Å²) in [4.78, 5) is 0. The van der Waals surface area contributed by atoms with Crippen molar-refractivity contribution in [1.29, 1.82) is 0 Å². The molecule has 0 bridgehead atoms. The average molecular weight is 491 g/mol. The summed E-state index contributed by atoms with van der Waals surface area (Å²) in [6.45, 7) is 9.42. The van der Waals surface area contributed by atoms with Crippen LogP contribution in [0, 0.1) is 0 Å². The molecule has 0 aromatic carbocycles. The highest BCUT2D eigenvalue weighted by molar-refractivity contribution is 7.75. The molecule has 0 aromatic rings. The van der Waals surface area contributed by atoms with Crippen LogP contribution in [0.1, 0.15) is 169 Å². The summed E-state index contributed by atoms with van der Waals surface area (Å²) < 4.78 is 0. The van der Waals surface area contributed by atoms with E-state index in [1.807, 2.05) is 0 Å². The third kappa shape index (κ3) is 22.5. The van der Waals surface area contributed by atoms with Crippen molar-refractivity contribution in [1.82, 2.24) is 0 Å². The van der Waals surface area contributed by atoms with Crippen LogP contribution in [0.2, 0.25) is 0 Å². The van der Waals surface area contributed by atoms with Crippen molar-refractivity contribution in [3.8, 4) is 0 Å². The van der Waals surface area contributed by atoms with Gasteiger partial charge in [0.25, 0.3) is 0 Å². The molecule has 0 rings (SSSR count). The molecule has 0 aliphatic carbocycles. The van der Waals surface area contributed by atoms with E-state index in [1.54, 1.807) is 43.9 Å². The van der Waals surface area contributed by atoms with Crippen LogP contribution in [-0.2, 0) is 0 Å². The molecule has 0 aliphatic rings. The second-order valence-corrected chi connectivity index (χ2v) is 15.1. The molecule has 0 fully saturated rings. The number of halogens is 1. The number of hydrogen-bond acceptors (Lipinski definition) is 0. The van der Waals surface area contributed by atoms with Gasteiger partial charge in [-0.25, -0.2) is 0 Å². The van der Waals surface area contributed by atoms with E-state index in [4.69, 9.17) is 0 Å². The Morgan fingerprint density at radius 2 is 0.469 bits per heavy atom. The summed E-state index contributed by atoms with van der Waals surface area (Å²) in [7, 11) is -0.683. The quantitative estimate of drug-likeness (QED) is 0.0839. The van der Waals surface area contributed by atoms with E-state index in [1.165, 1.54) is 122 Å². The predicted molar refractivity (Wildman–Crippen MR) is 151 cm³/mol. The van der Waals surface area contributed by atoms with Crippen LogP contribution >= 0.6 is 7.26 Å². The zero-order valence-corrected chi connectivity index (χ0v) is 24.9. The highest BCUT2D eigenvalue weighted by Gasteiger charge is 2.34. The first-order valence-corrected chi connectivity index (χ1v) is 17.6. The fourth-order valence-corrected chi connectivity index (χ4v) is 10.1. The molecule has 0 heterocycles. The van der Waals surface area contributed by atoms with Crippen molar-refractivity contribution in [3.63, 3.8) is 0 Å². The van der Waals surface area contributed by atoms with Crippen molar-refractivity contribution >= 4 is 7.26 Å². The first kappa shape index (κ1) is 34.9. The lowest BCUT2D eigenvalue weighted by Crippen LogP contribution is -3.00. The number of unbranched alkanes of at least 4 members (excludes halogenated alkanes) is 18. The van der Waals surface area contributed by atoms with E-state index in [9.17, 15) is 0 Å². The minimum absolute atomic E-state index is 0. The lowest BCUT2D eigenvalue weighted by atomic mass is 10.1. The van der Waals surface area contributed by atoms with Crippen LogP contribution in [0.5, 0.6) is 0 Å². The maximum atomic E-state index is 2.38. The van der Waals surface area contributed by atoms with Crippen molar-refractivity contribution in [2.24, 2.45) is 0 Å².